The molecule has 1 rings (SSSR count). The molecular formula is C11H13O2. The van der Waals surface area contributed by atoms with Gasteiger partial charge >= 0.3 is 5.97 Å². The summed E-state index contributed by atoms with van der Waals surface area (Å²) in [4.78, 5) is 11.1. The molecule has 0 unspecified atom stereocenters. The lowest BCUT2D eigenvalue weighted by Gasteiger charge is -2.06. The minimum absolute atomic E-state index is 0.307. The number of carbonyl (C=O) groups excluding carboxylic acids is 1. The van der Waals surface area contributed by atoms with E-state index in [0.717, 1.165) is 5.56 Å². The van der Waals surface area contributed by atoms with Gasteiger partial charge in [-0.15, -0.1) is 0 Å². The van der Waals surface area contributed by atoms with Gasteiger partial charge in [0.05, 0.1) is 12.7 Å². The van der Waals surface area contributed by atoms with Crippen molar-refractivity contribution >= 4 is 5.97 Å². The lowest BCUT2D eigenvalue weighted by atomic mass is 10.0. The summed E-state index contributed by atoms with van der Waals surface area (Å²) in [6.45, 7) is 4.15. The zero-order valence-corrected chi connectivity index (χ0v) is 8.13. The van der Waals surface area contributed by atoms with Gasteiger partial charge in [0.2, 0.25) is 0 Å². The molecule has 2 nitrogen and oxygen atoms in total. The first-order chi connectivity index (χ1) is 6.15. The maximum Gasteiger partial charge on any atom is 0.337 e. The third-order valence-corrected chi connectivity index (χ3v) is 1.90. The molecular weight excluding hydrogens is 164 g/mol. The van der Waals surface area contributed by atoms with Gasteiger partial charge in [0.15, 0.2) is 0 Å². The van der Waals surface area contributed by atoms with Gasteiger partial charge in [-0.3, -0.25) is 0 Å². The molecule has 0 amide bonds. The first-order valence-corrected chi connectivity index (χ1v) is 4.24. The number of methoxy groups -OCH3 is 1. The van der Waals surface area contributed by atoms with Crippen LogP contribution in [0.4, 0.5) is 0 Å². The van der Waals surface area contributed by atoms with Crippen molar-refractivity contribution in [2.45, 2.75) is 19.8 Å². The zero-order valence-electron chi connectivity index (χ0n) is 8.13. The van der Waals surface area contributed by atoms with Crippen molar-refractivity contribution < 1.29 is 9.53 Å². The molecule has 0 atom stereocenters. The normalized spacial score (nSPS) is 10.2. The highest BCUT2D eigenvalue weighted by molar-refractivity contribution is 5.89. The molecule has 2 heteroatoms. The fourth-order valence-electron chi connectivity index (χ4n) is 1.06. The van der Waals surface area contributed by atoms with Crippen LogP contribution in [-0.4, -0.2) is 13.1 Å². The Balaban J connectivity index is 2.98. The van der Waals surface area contributed by atoms with Crippen LogP contribution < -0.4 is 0 Å². The lowest BCUT2D eigenvalue weighted by Crippen LogP contribution is -2.02. The molecule has 1 aromatic rings. The van der Waals surface area contributed by atoms with E-state index in [2.05, 4.69) is 24.7 Å². The number of rotatable bonds is 2. The summed E-state index contributed by atoms with van der Waals surface area (Å²) >= 11 is 0. The highest BCUT2D eigenvalue weighted by Gasteiger charge is 2.06. The van der Waals surface area contributed by atoms with Crippen LogP contribution in [0.5, 0.6) is 0 Å². The first-order valence-electron chi connectivity index (χ1n) is 4.24. The Labute approximate surface area is 78.5 Å². The zero-order chi connectivity index (χ0) is 9.84. The number of carbonyl (C=O) groups is 1. The molecule has 1 aromatic carbocycles. The van der Waals surface area contributed by atoms with Crippen LogP contribution in [0.15, 0.2) is 18.2 Å². The van der Waals surface area contributed by atoms with Crippen molar-refractivity contribution in [1.82, 2.24) is 0 Å². The van der Waals surface area contributed by atoms with Crippen molar-refractivity contribution in [2.75, 3.05) is 7.11 Å². The van der Waals surface area contributed by atoms with E-state index in [1.807, 2.05) is 12.1 Å². The topological polar surface area (TPSA) is 26.3 Å². The molecule has 0 saturated heterocycles. The second kappa shape index (κ2) is 4.08. The second-order valence-corrected chi connectivity index (χ2v) is 3.20. The highest BCUT2D eigenvalue weighted by atomic mass is 16.5. The SMILES string of the molecule is COC(=O)c1c[c]cc(C(C)C)c1. The van der Waals surface area contributed by atoms with Crippen molar-refractivity contribution in [2.24, 2.45) is 0 Å². The summed E-state index contributed by atoms with van der Waals surface area (Å²) in [6, 6.07) is 8.29. The third kappa shape index (κ3) is 2.31. The largest absolute Gasteiger partial charge is 0.465 e. The van der Waals surface area contributed by atoms with E-state index in [0.29, 0.717) is 11.5 Å². The predicted octanol–water partition coefficient (Wildman–Crippen LogP) is 2.40. The van der Waals surface area contributed by atoms with E-state index in [4.69, 9.17) is 0 Å². The van der Waals surface area contributed by atoms with Crippen molar-refractivity contribution in [3.8, 4) is 0 Å². The standard InChI is InChI=1S/C11H13O2/c1-8(2)9-5-4-6-10(7-9)11(12)13-3/h5-8H,1-3H3. The monoisotopic (exact) mass is 177 g/mol. The maximum absolute atomic E-state index is 11.1. The van der Waals surface area contributed by atoms with Gasteiger partial charge in [-0.25, -0.2) is 4.79 Å². The number of esters is 1. The van der Waals surface area contributed by atoms with Crippen LogP contribution in [0.3, 0.4) is 0 Å². The van der Waals surface area contributed by atoms with Crippen LogP contribution in [0.2, 0.25) is 0 Å². The third-order valence-electron chi connectivity index (χ3n) is 1.90. The van der Waals surface area contributed by atoms with Gasteiger partial charge in [-0.2, -0.15) is 0 Å². The molecule has 0 bridgehead atoms. The van der Waals surface area contributed by atoms with E-state index < -0.39 is 0 Å². The molecule has 0 heterocycles. The van der Waals surface area contributed by atoms with Gasteiger partial charge in [-0.1, -0.05) is 19.9 Å². The number of hydrogen-bond donors (Lipinski definition) is 0. The molecule has 0 aliphatic carbocycles. The number of hydrogen-bond acceptors (Lipinski definition) is 2. The van der Waals surface area contributed by atoms with Crippen molar-refractivity contribution in [3.05, 3.63) is 35.4 Å². The maximum atomic E-state index is 11.1. The van der Waals surface area contributed by atoms with E-state index in [1.54, 1.807) is 6.07 Å². The van der Waals surface area contributed by atoms with Crippen LogP contribution >= 0.6 is 0 Å². The van der Waals surface area contributed by atoms with Crippen LogP contribution in [0, 0.1) is 6.07 Å². The molecule has 0 spiro atoms. The Morgan fingerprint density at radius 1 is 1.46 bits per heavy atom. The van der Waals surface area contributed by atoms with Gasteiger partial charge in [0.25, 0.3) is 0 Å². The predicted molar refractivity (Wildman–Crippen MR) is 50.7 cm³/mol. The van der Waals surface area contributed by atoms with E-state index in [-0.39, 0.29) is 5.97 Å². The molecule has 0 saturated carbocycles. The molecule has 0 aliphatic heterocycles. The molecule has 0 N–H and O–H groups in total. The Morgan fingerprint density at radius 2 is 2.15 bits per heavy atom. The molecule has 0 aromatic heterocycles. The van der Waals surface area contributed by atoms with Crippen molar-refractivity contribution in [3.63, 3.8) is 0 Å². The molecule has 0 fully saturated rings. The van der Waals surface area contributed by atoms with Gasteiger partial charge in [0.1, 0.15) is 0 Å². The summed E-state index contributed by atoms with van der Waals surface area (Å²) in [5, 5.41) is 0. The Bertz CT molecular complexity index is 303. The minimum Gasteiger partial charge on any atom is -0.465 e. The van der Waals surface area contributed by atoms with E-state index in [1.165, 1.54) is 7.11 Å². The summed E-state index contributed by atoms with van der Waals surface area (Å²) < 4.78 is 4.61. The Kier molecular flexibility index (Phi) is 3.07. The molecule has 69 valence electrons. The van der Waals surface area contributed by atoms with Crippen LogP contribution in [0.1, 0.15) is 35.7 Å². The van der Waals surface area contributed by atoms with E-state index in [9.17, 15) is 4.79 Å². The lowest BCUT2D eigenvalue weighted by molar-refractivity contribution is 0.0600. The number of ether oxygens (including phenoxy) is 1. The second-order valence-electron chi connectivity index (χ2n) is 3.20. The van der Waals surface area contributed by atoms with E-state index >= 15 is 0 Å². The summed E-state index contributed by atoms with van der Waals surface area (Å²) in [5.74, 6) is 0.0969. The van der Waals surface area contributed by atoms with Gasteiger partial charge < -0.3 is 4.74 Å². The average Bonchev–Trinajstić information content (AvgIpc) is 2.17. The Hall–Kier alpha value is -1.31. The Morgan fingerprint density at radius 3 is 2.69 bits per heavy atom. The van der Waals surface area contributed by atoms with Gasteiger partial charge in [-0.05, 0) is 29.7 Å². The summed E-state index contributed by atoms with van der Waals surface area (Å²) in [5.41, 5.74) is 1.66. The summed E-state index contributed by atoms with van der Waals surface area (Å²) in [7, 11) is 1.38. The molecule has 13 heavy (non-hydrogen) atoms. The van der Waals surface area contributed by atoms with Crippen molar-refractivity contribution in [1.29, 1.82) is 0 Å². The summed E-state index contributed by atoms with van der Waals surface area (Å²) in [6.07, 6.45) is 0. The number of benzene rings is 1. The average molecular weight is 177 g/mol. The first kappa shape index (κ1) is 9.78. The molecule has 1 radical (unpaired) electrons. The minimum atomic E-state index is -0.307. The van der Waals surface area contributed by atoms with Gasteiger partial charge in [0, 0.05) is 0 Å². The fourth-order valence-corrected chi connectivity index (χ4v) is 1.06. The van der Waals surface area contributed by atoms with Crippen LogP contribution in [0.25, 0.3) is 0 Å². The van der Waals surface area contributed by atoms with Crippen LogP contribution in [-0.2, 0) is 4.74 Å². The quantitative estimate of drug-likeness (QED) is 0.648. The smallest absolute Gasteiger partial charge is 0.337 e. The molecule has 0 aliphatic rings. The highest BCUT2D eigenvalue weighted by Crippen LogP contribution is 2.15. The fraction of sp³-hybridized carbons (Fsp3) is 0.364.